The standard InChI is InChI=1S/C11H10ClNO/c1-2-3-4-5-11(14)9-6-7-13-8-10(9)12/h6-8H,4-5H2,1H3. The molecule has 1 aromatic heterocycles. The molecule has 0 saturated heterocycles. The first kappa shape index (κ1) is 10.7. The van der Waals surface area contributed by atoms with E-state index in [9.17, 15) is 4.79 Å². The van der Waals surface area contributed by atoms with Gasteiger partial charge in [0.1, 0.15) is 0 Å². The summed E-state index contributed by atoms with van der Waals surface area (Å²) in [5.74, 6) is 5.59. The summed E-state index contributed by atoms with van der Waals surface area (Å²) in [6.45, 7) is 1.75. The van der Waals surface area contributed by atoms with Gasteiger partial charge < -0.3 is 0 Å². The fourth-order valence-corrected chi connectivity index (χ4v) is 1.26. The predicted octanol–water partition coefficient (Wildman–Crippen LogP) is 2.72. The van der Waals surface area contributed by atoms with E-state index in [0.717, 1.165) is 0 Å². The lowest BCUT2D eigenvalue weighted by atomic mass is 10.1. The largest absolute Gasteiger partial charge is 0.294 e. The number of Topliss-reactive ketones (excluding diaryl/α,β-unsaturated/α-hetero) is 1. The van der Waals surface area contributed by atoms with Crippen molar-refractivity contribution >= 4 is 17.4 Å². The Bertz CT molecular complexity index is 390. The van der Waals surface area contributed by atoms with E-state index in [4.69, 9.17) is 11.6 Å². The molecule has 0 aliphatic heterocycles. The summed E-state index contributed by atoms with van der Waals surface area (Å²) in [5, 5.41) is 0.405. The van der Waals surface area contributed by atoms with E-state index < -0.39 is 0 Å². The second-order valence-corrected chi connectivity index (χ2v) is 3.11. The molecule has 0 aliphatic carbocycles. The minimum absolute atomic E-state index is 0.0140. The molecular formula is C11H10ClNO. The van der Waals surface area contributed by atoms with E-state index in [-0.39, 0.29) is 5.78 Å². The van der Waals surface area contributed by atoms with Crippen molar-refractivity contribution in [3.63, 3.8) is 0 Å². The Balaban J connectivity index is 2.68. The summed E-state index contributed by atoms with van der Waals surface area (Å²) in [7, 11) is 0. The van der Waals surface area contributed by atoms with Crippen LogP contribution in [-0.4, -0.2) is 10.8 Å². The fraction of sp³-hybridized carbons (Fsp3) is 0.273. The molecule has 14 heavy (non-hydrogen) atoms. The van der Waals surface area contributed by atoms with E-state index in [2.05, 4.69) is 16.8 Å². The van der Waals surface area contributed by atoms with E-state index in [0.29, 0.717) is 23.4 Å². The van der Waals surface area contributed by atoms with Gasteiger partial charge in [-0.2, -0.15) is 0 Å². The highest BCUT2D eigenvalue weighted by molar-refractivity contribution is 6.33. The van der Waals surface area contributed by atoms with Gasteiger partial charge in [-0.15, -0.1) is 11.8 Å². The maximum atomic E-state index is 11.6. The molecule has 0 spiro atoms. The maximum Gasteiger partial charge on any atom is 0.165 e. The Hall–Kier alpha value is -1.33. The van der Waals surface area contributed by atoms with Crippen LogP contribution in [0, 0.1) is 11.8 Å². The van der Waals surface area contributed by atoms with Crippen molar-refractivity contribution in [2.45, 2.75) is 19.8 Å². The molecule has 0 saturated carbocycles. The quantitative estimate of drug-likeness (QED) is 0.564. The van der Waals surface area contributed by atoms with Gasteiger partial charge in [-0.3, -0.25) is 9.78 Å². The Morgan fingerprint density at radius 1 is 1.64 bits per heavy atom. The van der Waals surface area contributed by atoms with Crippen LogP contribution in [0.15, 0.2) is 18.5 Å². The van der Waals surface area contributed by atoms with Crippen molar-refractivity contribution in [3.05, 3.63) is 29.0 Å². The Morgan fingerprint density at radius 2 is 2.43 bits per heavy atom. The minimum atomic E-state index is 0.0140. The number of hydrogen-bond donors (Lipinski definition) is 0. The molecule has 3 heteroatoms. The van der Waals surface area contributed by atoms with Crippen LogP contribution >= 0.6 is 11.6 Å². The van der Waals surface area contributed by atoms with Crippen molar-refractivity contribution in [3.8, 4) is 11.8 Å². The number of hydrogen-bond acceptors (Lipinski definition) is 2. The van der Waals surface area contributed by atoms with Gasteiger partial charge in [-0.05, 0) is 13.0 Å². The van der Waals surface area contributed by atoms with Crippen LogP contribution in [0.5, 0.6) is 0 Å². The Morgan fingerprint density at radius 3 is 3.07 bits per heavy atom. The molecule has 2 nitrogen and oxygen atoms in total. The first-order valence-corrected chi connectivity index (χ1v) is 4.66. The number of ketones is 1. The summed E-state index contributed by atoms with van der Waals surface area (Å²) >= 11 is 5.81. The Kier molecular flexibility index (Phi) is 4.15. The van der Waals surface area contributed by atoms with E-state index in [1.54, 1.807) is 19.2 Å². The lowest BCUT2D eigenvalue weighted by Crippen LogP contribution is -1.99. The molecule has 0 aliphatic rings. The summed E-state index contributed by atoms with van der Waals surface area (Å²) in [6, 6.07) is 1.63. The monoisotopic (exact) mass is 207 g/mol. The van der Waals surface area contributed by atoms with Crippen LogP contribution in [0.2, 0.25) is 5.02 Å². The lowest BCUT2D eigenvalue weighted by Gasteiger charge is -1.99. The maximum absolute atomic E-state index is 11.6. The smallest absolute Gasteiger partial charge is 0.165 e. The number of carbonyl (C=O) groups excluding carboxylic acids is 1. The van der Waals surface area contributed by atoms with Gasteiger partial charge in [-0.25, -0.2) is 0 Å². The zero-order chi connectivity index (χ0) is 10.4. The number of nitrogens with zero attached hydrogens (tertiary/aromatic N) is 1. The molecule has 0 bridgehead atoms. The summed E-state index contributed by atoms with van der Waals surface area (Å²) < 4.78 is 0. The molecule has 0 fully saturated rings. The molecule has 0 radical (unpaired) electrons. The average molecular weight is 208 g/mol. The minimum Gasteiger partial charge on any atom is -0.294 e. The van der Waals surface area contributed by atoms with E-state index >= 15 is 0 Å². The molecule has 1 heterocycles. The first-order valence-electron chi connectivity index (χ1n) is 4.28. The van der Waals surface area contributed by atoms with Gasteiger partial charge in [0.25, 0.3) is 0 Å². The molecule has 1 aromatic rings. The third kappa shape index (κ3) is 2.86. The molecular weight excluding hydrogens is 198 g/mol. The molecule has 1 rings (SSSR count). The normalized spacial score (nSPS) is 9.00. The highest BCUT2D eigenvalue weighted by Crippen LogP contribution is 2.15. The summed E-state index contributed by atoms with van der Waals surface area (Å²) in [5.41, 5.74) is 0.527. The SMILES string of the molecule is CC#CCCC(=O)c1ccncc1Cl. The molecule has 0 unspecified atom stereocenters. The average Bonchev–Trinajstić information content (AvgIpc) is 2.18. The van der Waals surface area contributed by atoms with Crippen molar-refractivity contribution in [1.82, 2.24) is 4.98 Å². The summed E-state index contributed by atoms with van der Waals surface area (Å²) in [6.07, 6.45) is 4.02. The zero-order valence-electron chi connectivity index (χ0n) is 7.88. The van der Waals surface area contributed by atoms with Crippen LogP contribution < -0.4 is 0 Å². The third-order valence-corrected chi connectivity index (χ3v) is 2.03. The molecule has 0 aromatic carbocycles. The Labute approximate surface area is 88.3 Å². The van der Waals surface area contributed by atoms with Crippen LogP contribution in [0.3, 0.4) is 0 Å². The lowest BCUT2D eigenvalue weighted by molar-refractivity contribution is 0.0984. The van der Waals surface area contributed by atoms with Crippen LogP contribution in [0.25, 0.3) is 0 Å². The fourth-order valence-electron chi connectivity index (χ4n) is 1.04. The molecule has 72 valence electrons. The topological polar surface area (TPSA) is 30.0 Å². The molecule has 0 atom stereocenters. The van der Waals surface area contributed by atoms with Gasteiger partial charge in [0.15, 0.2) is 5.78 Å². The van der Waals surface area contributed by atoms with Gasteiger partial charge in [-0.1, -0.05) is 11.6 Å². The number of halogens is 1. The number of carbonyl (C=O) groups is 1. The van der Waals surface area contributed by atoms with Gasteiger partial charge in [0, 0.05) is 30.8 Å². The van der Waals surface area contributed by atoms with Crippen molar-refractivity contribution < 1.29 is 4.79 Å². The van der Waals surface area contributed by atoms with Crippen molar-refractivity contribution in [1.29, 1.82) is 0 Å². The molecule has 0 N–H and O–H groups in total. The van der Waals surface area contributed by atoms with Crippen molar-refractivity contribution in [2.24, 2.45) is 0 Å². The highest BCUT2D eigenvalue weighted by Gasteiger charge is 2.08. The third-order valence-electron chi connectivity index (χ3n) is 1.73. The van der Waals surface area contributed by atoms with Gasteiger partial charge >= 0.3 is 0 Å². The number of rotatable bonds is 3. The van der Waals surface area contributed by atoms with E-state index in [1.165, 1.54) is 6.20 Å². The second kappa shape index (κ2) is 5.41. The highest BCUT2D eigenvalue weighted by atomic mass is 35.5. The number of aromatic nitrogens is 1. The second-order valence-electron chi connectivity index (χ2n) is 2.71. The zero-order valence-corrected chi connectivity index (χ0v) is 8.64. The van der Waals surface area contributed by atoms with E-state index in [1.807, 2.05) is 0 Å². The van der Waals surface area contributed by atoms with Crippen LogP contribution in [0.1, 0.15) is 30.1 Å². The van der Waals surface area contributed by atoms with Crippen molar-refractivity contribution in [2.75, 3.05) is 0 Å². The molecule has 0 amide bonds. The van der Waals surface area contributed by atoms with Crippen LogP contribution in [0.4, 0.5) is 0 Å². The predicted molar refractivity (Wildman–Crippen MR) is 56.3 cm³/mol. The summed E-state index contributed by atoms with van der Waals surface area (Å²) in [4.78, 5) is 15.4. The first-order chi connectivity index (χ1) is 6.75. The van der Waals surface area contributed by atoms with Crippen LogP contribution in [-0.2, 0) is 0 Å². The number of pyridine rings is 1. The van der Waals surface area contributed by atoms with Gasteiger partial charge in [0.05, 0.1) is 5.02 Å². The van der Waals surface area contributed by atoms with Gasteiger partial charge in [0.2, 0.25) is 0 Å².